The van der Waals surface area contributed by atoms with E-state index >= 15 is 0 Å². The fourth-order valence-corrected chi connectivity index (χ4v) is 0.803. The summed E-state index contributed by atoms with van der Waals surface area (Å²) >= 11 is 5.91. The van der Waals surface area contributed by atoms with Gasteiger partial charge in [-0.15, -0.1) is 0 Å². The van der Waals surface area contributed by atoms with E-state index in [9.17, 15) is 13.2 Å². The van der Waals surface area contributed by atoms with Crippen LogP contribution in [0, 0.1) is 0 Å². The van der Waals surface area contributed by atoms with Crippen molar-refractivity contribution in [3.05, 3.63) is 9.47 Å². The van der Waals surface area contributed by atoms with Crippen molar-refractivity contribution in [3.63, 3.8) is 0 Å². The second kappa shape index (κ2) is 4.38. The van der Waals surface area contributed by atoms with Gasteiger partial charge in [-0.3, -0.25) is 0 Å². The summed E-state index contributed by atoms with van der Waals surface area (Å²) < 4.78 is 34.9. The Morgan fingerprint density at radius 2 is 1.80 bits per heavy atom. The van der Waals surface area contributed by atoms with Crippen LogP contribution in [0.3, 0.4) is 0 Å². The molecule has 0 aliphatic heterocycles. The second-order valence-electron chi connectivity index (χ2n) is 1.65. The summed E-state index contributed by atoms with van der Waals surface area (Å²) in [7, 11) is 0. The maximum Gasteiger partial charge on any atom is 0.389 e. The van der Waals surface area contributed by atoms with Crippen LogP contribution in [0.2, 0.25) is 0 Å². The maximum absolute atomic E-state index is 11.4. The quantitative estimate of drug-likeness (QED) is 0.719. The van der Waals surface area contributed by atoms with Gasteiger partial charge in [0.2, 0.25) is 0 Å². The highest BCUT2D eigenvalue weighted by Gasteiger charge is 2.25. The SMILES string of the molecule is FC(F)(F)CCC=C(Br)Br. The summed E-state index contributed by atoms with van der Waals surface area (Å²) in [6.07, 6.45) is -3.39. The first-order chi connectivity index (χ1) is 4.42. The summed E-state index contributed by atoms with van der Waals surface area (Å²) in [5.41, 5.74) is 0. The van der Waals surface area contributed by atoms with Gasteiger partial charge < -0.3 is 0 Å². The molecule has 0 rings (SSSR count). The molecule has 0 saturated carbocycles. The fourth-order valence-electron chi connectivity index (χ4n) is 0.345. The van der Waals surface area contributed by atoms with Crippen LogP contribution in [0.25, 0.3) is 0 Å². The summed E-state index contributed by atoms with van der Waals surface area (Å²) in [5, 5.41) is 0. The lowest BCUT2D eigenvalue weighted by atomic mass is 10.3. The molecule has 0 heterocycles. The van der Waals surface area contributed by atoms with Crippen molar-refractivity contribution in [3.8, 4) is 0 Å². The van der Waals surface area contributed by atoms with Crippen LogP contribution in [-0.4, -0.2) is 6.18 Å². The highest BCUT2D eigenvalue weighted by Crippen LogP contribution is 2.23. The smallest absolute Gasteiger partial charge is 0.171 e. The first-order valence-corrected chi connectivity index (χ1v) is 4.08. The third kappa shape index (κ3) is 8.49. The molecule has 5 heteroatoms. The molecule has 0 bridgehead atoms. The molecule has 0 atom stereocenters. The largest absolute Gasteiger partial charge is 0.389 e. The number of halogens is 5. The Hall–Kier alpha value is 0.490. The van der Waals surface area contributed by atoms with E-state index < -0.39 is 12.6 Å². The van der Waals surface area contributed by atoms with Gasteiger partial charge in [-0.1, -0.05) is 6.08 Å². The zero-order valence-electron chi connectivity index (χ0n) is 4.88. The van der Waals surface area contributed by atoms with Crippen molar-refractivity contribution in [2.45, 2.75) is 19.0 Å². The van der Waals surface area contributed by atoms with E-state index in [1.165, 1.54) is 6.08 Å². The topological polar surface area (TPSA) is 0 Å². The van der Waals surface area contributed by atoms with E-state index in [4.69, 9.17) is 0 Å². The molecule has 0 N–H and O–H groups in total. The van der Waals surface area contributed by atoms with Crippen molar-refractivity contribution < 1.29 is 13.2 Å². The van der Waals surface area contributed by atoms with Crippen LogP contribution in [0.5, 0.6) is 0 Å². The predicted octanol–water partition coefficient (Wildman–Crippen LogP) is 3.96. The molecule has 0 saturated heterocycles. The van der Waals surface area contributed by atoms with Gasteiger partial charge in [0, 0.05) is 6.42 Å². The number of allylic oxidation sites excluding steroid dienone is 1. The molecule has 0 amide bonds. The van der Waals surface area contributed by atoms with Gasteiger partial charge >= 0.3 is 6.18 Å². The van der Waals surface area contributed by atoms with Crippen molar-refractivity contribution in [2.75, 3.05) is 0 Å². The van der Waals surface area contributed by atoms with Gasteiger partial charge in [0.25, 0.3) is 0 Å². The lowest BCUT2D eigenvalue weighted by Crippen LogP contribution is -2.05. The molecule has 0 unspecified atom stereocenters. The average molecular weight is 282 g/mol. The second-order valence-corrected chi connectivity index (χ2v) is 4.42. The molecule has 10 heavy (non-hydrogen) atoms. The molecule has 0 aliphatic carbocycles. The van der Waals surface area contributed by atoms with E-state index in [1.54, 1.807) is 0 Å². The average Bonchev–Trinajstić information content (AvgIpc) is 1.59. The Kier molecular flexibility index (Phi) is 4.60. The first kappa shape index (κ1) is 10.5. The molecular weight excluding hydrogens is 277 g/mol. The van der Waals surface area contributed by atoms with E-state index in [-0.39, 0.29) is 6.42 Å². The van der Waals surface area contributed by atoms with Crippen LogP contribution in [0.1, 0.15) is 12.8 Å². The van der Waals surface area contributed by atoms with Gasteiger partial charge in [0.15, 0.2) is 0 Å². The standard InChI is InChI=1S/C5H5Br2F3/c6-4(7)2-1-3-5(8,9)10/h2H,1,3H2. The molecule has 0 aromatic heterocycles. The van der Waals surface area contributed by atoms with Crippen molar-refractivity contribution in [1.82, 2.24) is 0 Å². The molecular formula is C5H5Br2F3. The number of alkyl halides is 3. The first-order valence-electron chi connectivity index (χ1n) is 2.50. The zero-order valence-corrected chi connectivity index (χ0v) is 8.05. The molecule has 0 aromatic rings. The predicted molar refractivity (Wildman–Crippen MR) is 41.2 cm³/mol. The third-order valence-corrected chi connectivity index (χ3v) is 1.37. The number of hydrogen-bond donors (Lipinski definition) is 0. The van der Waals surface area contributed by atoms with Crippen molar-refractivity contribution >= 4 is 31.9 Å². The van der Waals surface area contributed by atoms with Gasteiger partial charge in [0.05, 0.1) is 3.39 Å². The molecule has 0 fully saturated rings. The fraction of sp³-hybridized carbons (Fsp3) is 0.600. The van der Waals surface area contributed by atoms with Crippen LogP contribution in [0.15, 0.2) is 9.47 Å². The molecule has 0 aromatic carbocycles. The lowest BCUT2D eigenvalue weighted by molar-refractivity contribution is -0.133. The Labute approximate surface area is 73.7 Å². The molecule has 0 spiro atoms. The van der Waals surface area contributed by atoms with Crippen molar-refractivity contribution in [2.24, 2.45) is 0 Å². The zero-order chi connectivity index (χ0) is 8.20. The van der Waals surface area contributed by atoms with E-state index in [1.807, 2.05) is 0 Å². The maximum atomic E-state index is 11.4. The molecule has 0 radical (unpaired) electrons. The lowest BCUT2D eigenvalue weighted by Gasteiger charge is -2.01. The Morgan fingerprint density at radius 3 is 2.10 bits per heavy atom. The summed E-state index contributed by atoms with van der Waals surface area (Å²) in [5.74, 6) is 0. The summed E-state index contributed by atoms with van der Waals surface area (Å²) in [4.78, 5) is 0. The Morgan fingerprint density at radius 1 is 1.30 bits per heavy atom. The van der Waals surface area contributed by atoms with Crippen LogP contribution < -0.4 is 0 Å². The van der Waals surface area contributed by atoms with Crippen LogP contribution in [-0.2, 0) is 0 Å². The van der Waals surface area contributed by atoms with Crippen molar-refractivity contribution in [1.29, 1.82) is 0 Å². The van der Waals surface area contributed by atoms with Gasteiger partial charge in [0.1, 0.15) is 0 Å². The van der Waals surface area contributed by atoms with E-state index in [2.05, 4.69) is 31.9 Å². The third-order valence-electron chi connectivity index (χ3n) is 0.726. The number of rotatable bonds is 2. The minimum absolute atomic E-state index is 0.00926. The molecule has 0 nitrogen and oxygen atoms in total. The number of hydrogen-bond acceptors (Lipinski definition) is 0. The summed E-state index contributed by atoms with van der Waals surface area (Å²) in [6, 6.07) is 0. The Balaban J connectivity index is 3.47. The molecule has 60 valence electrons. The molecule has 0 aliphatic rings. The van der Waals surface area contributed by atoms with Crippen LogP contribution in [0.4, 0.5) is 13.2 Å². The highest BCUT2D eigenvalue weighted by atomic mass is 79.9. The minimum Gasteiger partial charge on any atom is -0.171 e. The monoisotopic (exact) mass is 280 g/mol. The van der Waals surface area contributed by atoms with Gasteiger partial charge in [-0.05, 0) is 38.3 Å². The normalized spacial score (nSPS) is 11.3. The van der Waals surface area contributed by atoms with Gasteiger partial charge in [-0.2, -0.15) is 13.2 Å². The summed E-state index contributed by atoms with van der Waals surface area (Å²) in [6.45, 7) is 0. The van der Waals surface area contributed by atoms with E-state index in [0.29, 0.717) is 3.39 Å². The highest BCUT2D eigenvalue weighted by molar-refractivity contribution is 9.28. The van der Waals surface area contributed by atoms with Crippen LogP contribution >= 0.6 is 31.9 Å². The Bertz CT molecular complexity index is 123. The minimum atomic E-state index is -4.05. The van der Waals surface area contributed by atoms with E-state index in [0.717, 1.165) is 0 Å². The van der Waals surface area contributed by atoms with Gasteiger partial charge in [-0.25, -0.2) is 0 Å².